The first-order valence-electron chi connectivity index (χ1n) is 9.02. The van der Waals surface area contributed by atoms with Gasteiger partial charge in [0.05, 0.1) is 7.11 Å². The molecule has 0 atom stereocenters. The third-order valence-electron chi connectivity index (χ3n) is 4.11. The van der Waals surface area contributed by atoms with E-state index < -0.39 is 5.91 Å². The molecule has 144 valence electrons. The van der Waals surface area contributed by atoms with Crippen LogP contribution in [0.2, 0.25) is 0 Å². The number of nitrogens with one attached hydrogen (secondary N) is 1. The van der Waals surface area contributed by atoms with Gasteiger partial charge in [0.1, 0.15) is 29.7 Å². The van der Waals surface area contributed by atoms with Crippen molar-refractivity contribution in [2.75, 3.05) is 12.4 Å². The fourth-order valence-corrected chi connectivity index (χ4v) is 2.65. The molecule has 1 N–H and O–H groups in total. The van der Waals surface area contributed by atoms with Crippen molar-refractivity contribution >= 4 is 17.7 Å². The predicted molar refractivity (Wildman–Crippen MR) is 112 cm³/mol. The standard InChI is InChI=1S/C24H20N2O3/c1-28-22-11-6-10-21(15-22)26-24(27)20(16-25)13-19-9-5-12-23(14-19)29-17-18-7-3-2-4-8-18/h2-15H,17H2,1H3,(H,26,27)/b20-13-. The van der Waals surface area contributed by atoms with Gasteiger partial charge < -0.3 is 14.8 Å². The van der Waals surface area contributed by atoms with Gasteiger partial charge in [0.15, 0.2) is 0 Å². The molecule has 1 amide bonds. The van der Waals surface area contributed by atoms with E-state index in [2.05, 4.69) is 5.32 Å². The van der Waals surface area contributed by atoms with Crippen LogP contribution in [0.25, 0.3) is 6.08 Å². The molecule has 0 unspecified atom stereocenters. The number of nitrogens with zero attached hydrogens (tertiary/aromatic N) is 1. The fraction of sp³-hybridized carbons (Fsp3) is 0.0833. The van der Waals surface area contributed by atoms with Gasteiger partial charge in [-0.1, -0.05) is 48.5 Å². The van der Waals surface area contributed by atoms with Crippen LogP contribution in [0.15, 0.2) is 84.4 Å². The van der Waals surface area contributed by atoms with Gasteiger partial charge in [-0.25, -0.2) is 0 Å². The molecular weight excluding hydrogens is 364 g/mol. The van der Waals surface area contributed by atoms with Crippen molar-refractivity contribution in [3.63, 3.8) is 0 Å². The summed E-state index contributed by atoms with van der Waals surface area (Å²) >= 11 is 0. The highest BCUT2D eigenvalue weighted by Crippen LogP contribution is 2.20. The van der Waals surface area contributed by atoms with E-state index in [9.17, 15) is 10.1 Å². The van der Waals surface area contributed by atoms with Gasteiger partial charge in [0.2, 0.25) is 0 Å². The highest BCUT2D eigenvalue weighted by Gasteiger charge is 2.10. The van der Waals surface area contributed by atoms with Gasteiger partial charge in [0, 0.05) is 11.8 Å². The van der Waals surface area contributed by atoms with Crippen LogP contribution >= 0.6 is 0 Å². The molecule has 0 saturated carbocycles. The van der Waals surface area contributed by atoms with Crippen molar-refractivity contribution in [3.05, 3.63) is 95.6 Å². The molecule has 29 heavy (non-hydrogen) atoms. The van der Waals surface area contributed by atoms with E-state index in [-0.39, 0.29) is 5.57 Å². The first-order valence-corrected chi connectivity index (χ1v) is 9.02. The van der Waals surface area contributed by atoms with Crippen LogP contribution in [-0.4, -0.2) is 13.0 Å². The SMILES string of the molecule is COc1cccc(NC(=O)/C(C#N)=C\c2cccc(OCc3ccccc3)c2)c1. The average Bonchev–Trinajstić information content (AvgIpc) is 2.77. The van der Waals surface area contributed by atoms with Crippen molar-refractivity contribution in [3.8, 4) is 17.6 Å². The number of anilines is 1. The fourth-order valence-electron chi connectivity index (χ4n) is 2.65. The molecule has 0 radical (unpaired) electrons. The molecule has 3 aromatic rings. The van der Waals surface area contributed by atoms with E-state index in [1.54, 1.807) is 37.4 Å². The minimum atomic E-state index is -0.489. The molecule has 0 aromatic heterocycles. The topological polar surface area (TPSA) is 71.3 Å². The Hall–Kier alpha value is -4.04. The van der Waals surface area contributed by atoms with Crippen molar-refractivity contribution in [1.29, 1.82) is 5.26 Å². The van der Waals surface area contributed by atoms with Gasteiger partial charge in [0.25, 0.3) is 5.91 Å². The predicted octanol–water partition coefficient (Wildman–Crippen LogP) is 4.82. The molecule has 0 aliphatic heterocycles. The van der Waals surface area contributed by atoms with Crippen molar-refractivity contribution in [2.24, 2.45) is 0 Å². The largest absolute Gasteiger partial charge is 0.497 e. The molecule has 3 rings (SSSR count). The van der Waals surface area contributed by atoms with Gasteiger partial charge in [-0.05, 0) is 41.5 Å². The lowest BCUT2D eigenvalue weighted by atomic mass is 10.1. The smallest absolute Gasteiger partial charge is 0.266 e. The third-order valence-corrected chi connectivity index (χ3v) is 4.11. The summed E-state index contributed by atoms with van der Waals surface area (Å²) in [6.45, 7) is 0.440. The Kier molecular flexibility index (Phi) is 6.64. The van der Waals surface area contributed by atoms with Crippen molar-refractivity contribution in [2.45, 2.75) is 6.61 Å². The minimum absolute atomic E-state index is 0.00645. The summed E-state index contributed by atoms with van der Waals surface area (Å²) in [5.74, 6) is 0.790. The van der Waals surface area contributed by atoms with E-state index in [4.69, 9.17) is 9.47 Å². The van der Waals surface area contributed by atoms with Crippen LogP contribution in [0.4, 0.5) is 5.69 Å². The second-order valence-electron chi connectivity index (χ2n) is 6.20. The Bertz CT molecular complexity index is 1050. The Morgan fingerprint density at radius 1 is 1.00 bits per heavy atom. The summed E-state index contributed by atoms with van der Waals surface area (Å²) in [5, 5.41) is 12.1. The van der Waals surface area contributed by atoms with Crippen LogP contribution in [0.5, 0.6) is 11.5 Å². The molecule has 0 fully saturated rings. The number of rotatable bonds is 7. The van der Waals surface area contributed by atoms with E-state index in [1.165, 1.54) is 6.08 Å². The van der Waals surface area contributed by atoms with E-state index in [1.807, 2.05) is 54.6 Å². The number of methoxy groups -OCH3 is 1. The van der Waals surface area contributed by atoms with Crippen LogP contribution < -0.4 is 14.8 Å². The van der Waals surface area contributed by atoms with Gasteiger partial charge in [-0.15, -0.1) is 0 Å². The lowest BCUT2D eigenvalue weighted by molar-refractivity contribution is -0.112. The summed E-state index contributed by atoms with van der Waals surface area (Å²) in [4.78, 5) is 12.5. The van der Waals surface area contributed by atoms with E-state index >= 15 is 0 Å². The number of hydrogen-bond donors (Lipinski definition) is 1. The molecular formula is C24H20N2O3. The zero-order valence-electron chi connectivity index (χ0n) is 16.0. The second-order valence-corrected chi connectivity index (χ2v) is 6.20. The van der Waals surface area contributed by atoms with Crippen LogP contribution in [0, 0.1) is 11.3 Å². The molecule has 3 aromatic carbocycles. The van der Waals surface area contributed by atoms with Crippen molar-refractivity contribution in [1.82, 2.24) is 0 Å². The number of amides is 1. The zero-order valence-corrected chi connectivity index (χ0v) is 16.0. The molecule has 5 heteroatoms. The number of benzene rings is 3. The Morgan fingerprint density at radius 3 is 2.52 bits per heavy atom. The number of ether oxygens (including phenoxy) is 2. The quantitative estimate of drug-likeness (QED) is 0.468. The maximum absolute atomic E-state index is 12.5. The zero-order chi connectivity index (χ0) is 20.5. The first kappa shape index (κ1) is 19.7. The number of hydrogen-bond acceptors (Lipinski definition) is 4. The number of carbonyl (C=O) groups excluding carboxylic acids is 1. The monoisotopic (exact) mass is 384 g/mol. The van der Waals surface area contributed by atoms with E-state index in [0.717, 1.165) is 5.56 Å². The maximum atomic E-state index is 12.5. The molecule has 0 saturated heterocycles. The van der Waals surface area contributed by atoms with Crippen LogP contribution in [0.1, 0.15) is 11.1 Å². The lowest BCUT2D eigenvalue weighted by Gasteiger charge is -2.08. The van der Waals surface area contributed by atoms with Gasteiger partial charge >= 0.3 is 0 Å². The summed E-state index contributed by atoms with van der Waals surface area (Å²) in [5.41, 5.74) is 2.31. The lowest BCUT2D eigenvalue weighted by Crippen LogP contribution is -2.13. The number of nitriles is 1. The minimum Gasteiger partial charge on any atom is -0.497 e. The highest BCUT2D eigenvalue weighted by molar-refractivity contribution is 6.09. The third kappa shape index (κ3) is 5.72. The number of carbonyl (C=O) groups is 1. The molecule has 0 bridgehead atoms. The summed E-state index contributed by atoms with van der Waals surface area (Å²) in [7, 11) is 1.55. The van der Waals surface area contributed by atoms with E-state index in [0.29, 0.717) is 29.4 Å². The van der Waals surface area contributed by atoms with Gasteiger partial charge in [-0.3, -0.25) is 4.79 Å². The summed E-state index contributed by atoms with van der Waals surface area (Å²) in [6.07, 6.45) is 1.53. The Morgan fingerprint density at radius 2 is 1.76 bits per heavy atom. The molecule has 0 aliphatic rings. The second kappa shape index (κ2) is 9.77. The Labute approximate surface area is 169 Å². The summed E-state index contributed by atoms with van der Waals surface area (Å²) in [6, 6.07) is 26.0. The highest BCUT2D eigenvalue weighted by atomic mass is 16.5. The van der Waals surface area contributed by atoms with Gasteiger partial charge in [-0.2, -0.15) is 5.26 Å². The van der Waals surface area contributed by atoms with Crippen LogP contribution in [0.3, 0.4) is 0 Å². The van der Waals surface area contributed by atoms with Crippen LogP contribution in [-0.2, 0) is 11.4 Å². The molecule has 5 nitrogen and oxygen atoms in total. The summed E-state index contributed by atoms with van der Waals surface area (Å²) < 4.78 is 10.9. The van der Waals surface area contributed by atoms with Crippen molar-refractivity contribution < 1.29 is 14.3 Å². The Balaban J connectivity index is 1.71. The molecule has 0 spiro atoms. The first-order chi connectivity index (χ1) is 14.2. The maximum Gasteiger partial charge on any atom is 0.266 e. The molecule has 0 heterocycles. The molecule has 0 aliphatic carbocycles. The normalized spacial score (nSPS) is 10.7. The average molecular weight is 384 g/mol.